The number of rotatable bonds is 0. The van der Waals surface area contributed by atoms with E-state index in [0.29, 0.717) is 0 Å². The average molecular weight is 147 g/mol. The lowest BCUT2D eigenvalue weighted by molar-refractivity contribution is 0.518. The van der Waals surface area contributed by atoms with Crippen LogP contribution in [-0.2, 0) is 0 Å². The third kappa shape index (κ3) is 2.21. The number of aliphatic imine (C=N–C) groups is 1. The predicted octanol–water partition coefficient (Wildman–Crippen LogP) is 2.71. The molecule has 0 saturated carbocycles. The molecule has 11 heavy (non-hydrogen) atoms. The Balaban J connectivity index is 2.97. The lowest BCUT2D eigenvalue weighted by atomic mass is 9.86. The lowest BCUT2D eigenvalue weighted by Crippen LogP contribution is -2.06. The Labute approximate surface area is 67.8 Å². The molecule has 1 nitrogen and oxygen atoms in total. The second kappa shape index (κ2) is 2.89. The second-order valence-corrected chi connectivity index (χ2v) is 3.62. The van der Waals surface area contributed by atoms with Gasteiger partial charge in [-0.2, -0.15) is 0 Å². The fraction of sp³-hybridized carbons (Fsp3) is 0.400. The highest BCUT2D eigenvalue weighted by Gasteiger charge is 2.13. The Bertz CT molecular complexity index is 255. The van der Waals surface area contributed by atoms with E-state index in [1.807, 2.05) is 12.2 Å². The van der Waals surface area contributed by atoms with Crippen molar-refractivity contribution in [1.82, 2.24) is 0 Å². The highest BCUT2D eigenvalue weighted by molar-refractivity contribution is 5.60. The van der Waals surface area contributed by atoms with Crippen LogP contribution in [0.5, 0.6) is 0 Å². The topological polar surface area (TPSA) is 12.4 Å². The zero-order chi connectivity index (χ0) is 8.32. The van der Waals surface area contributed by atoms with E-state index in [-0.39, 0.29) is 5.41 Å². The van der Waals surface area contributed by atoms with Crippen LogP contribution in [-0.4, -0.2) is 5.87 Å². The molecule has 1 heteroatoms. The van der Waals surface area contributed by atoms with Gasteiger partial charge in [-0.3, -0.25) is 0 Å². The first-order valence-corrected chi connectivity index (χ1v) is 3.76. The molecule has 0 aromatic rings. The summed E-state index contributed by atoms with van der Waals surface area (Å²) in [5, 5.41) is 0. The van der Waals surface area contributed by atoms with E-state index in [1.54, 1.807) is 6.20 Å². The van der Waals surface area contributed by atoms with Gasteiger partial charge in [-0.1, -0.05) is 26.8 Å². The van der Waals surface area contributed by atoms with Crippen LogP contribution < -0.4 is 0 Å². The minimum absolute atomic E-state index is 0.192. The fourth-order valence-corrected chi connectivity index (χ4v) is 0.854. The number of hydrogen-bond donors (Lipinski definition) is 0. The van der Waals surface area contributed by atoms with Crippen molar-refractivity contribution in [2.75, 3.05) is 0 Å². The van der Waals surface area contributed by atoms with Gasteiger partial charge in [0.1, 0.15) is 0 Å². The van der Waals surface area contributed by atoms with Gasteiger partial charge in [-0.25, -0.2) is 4.99 Å². The highest BCUT2D eigenvalue weighted by Crippen LogP contribution is 2.25. The van der Waals surface area contributed by atoms with Crippen LogP contribution in [0.2, 0.25) is 0 Å². The molecule has 0 spiro atoms. The van der Waals surface area contributed by atoms with Crippen molar-refractivity contribution >= 4 is 5.87 Å². The lowest BCUT2D eigenvalue weighted by Gasteiger charge is -2.18. The third-order valence-electron chi connectivity index (χ3n) is 1.60. The quantitative estimate of drug-likeness (QED) is 0.499. The molecule has 0 bridgehead atoms. The summed E-state index contributed by atoms with van der Waals surface area (Å²) in [5.41, 5.74) is 1.45. The van der Waals surface area contributed by atoms with Crippen LogP contribution >= 0.6 is 0 Å². The number of nitrogens with zero attached hydrogens (tertiary/aromatic N) is 1. The molecule has 1 heterocycles. The van der Waals surface area contributed by atoms with Crippen molar-refractivity contribution in [1.29, 1.82) is 0 Å². The highest BCUT2D eigenvalue weighted by atomic mass is 14.6. The molecule has 1 aliphatic heterocycles. The maximum Gasteiger partial charge on any atom is 0.0368 e. The smallest absolute Gasteiger partial charge is 0.0368 e. The summed E-state index contributed by atoms with van der Waals surface area (Å²) in [6, 6.07) is 0. The first-order valence-electron chi connectivity index (χ1n) is 3.76. The Morgan fingerprint density at radius 3 is 2.73 bits per heavy atom. The summed E-state index contributed by atoms with van der Waals surface area (Å²) < 4.78 is 0. The molecular formula is C10H13N. The van der Waals surface area contributed by atoms with E-state index >= 15 is 0 Å². The minimum atomic E-state index is 0.192. The number of hydrogen-bond acceptors (Lipinski definition) is 1. The molecule has 0 saturated heterocycles. The van der Waals surface area contributed by atoms with Crippen LogP contribution in [0.3, 0.4) is 0 Å². The van der Waals surface area contributed by atoms with Crippen molar-refractivity contribution in [2.24, 2.45) is 10.4 Å². The first-order chi connectivity index (χ1) is 5.11. The van der Waals surface area contributed by atoms with Gasteiger partial charge in [0, 0.05) is 12.3 Å². The normalized spacial score (nSPS) is 16.5. The van der Waals surface area contributed by atoms with Gasteiger partial charge in [0.15, 0.2) is 0 Å². The molecule has 0 aliphatic carbocycles. The molecule has 0 fully saturated rings. The second-order valence-electron chi connectivity index (χ2n) is 3.62. The van der Waals surface area contributed by atoms with Gasteiger partial charge >= 0.3 is 0 Å². The summed E-state index contributed by atoms with van der Waals surface area (Å²) in [4.78, 5) is 3.90. The Morgan fingerprint density at radius 1 is 1.36 bits per heavy atom. The molecule has 0 amide bonds. The molecule has 0 N–H and O–H groups in total. The van der Waals surface area contributed by atoms with Crippen molar-refractivity contribution < 1.29 is 0 Å². The summed E-state index contributed by atoms with van der Waals surface area (Å²) in [6.45, 7) is 6.53. The maximum atomic E-state index is 3.90. The number of allylic oxidation sites excluding steroid dienone is 4. The van der Waals surface area contributed by atoms with Gasteiger partial charge in [0.2, 0.25) is 0 Å². The van der Waals surface area contributed by atoms with E-state index in [0.717, 1.165) is 0 Å². The van der Waals surface area contributed by atoms with Crippen LogP contribution in [0.15, 0.2) is 35.0 Å². The van der Waals surface area contributed by atoms with Gasteiger partial charge in [0.05, 0.1) is 0 Å². The van der Waals surface area contributed by atoms with Gasteiger partial charge in [0.25, 0.3) is 0 Å². The van der Waals surface area contributed by atoms with E-state index in [1.165, 1.54) is 5.57 Å². The minimum Gasteiger partial charge on any atom is -0.214 e. The molecule has 1 rings (SSSR count). The zero-order valence-corrected chi connectivity index (χ0v) is 7.26. The SMILES string of the molecule is CC(C)(C)C1=CC=CN=C=C1. The van der Waals surface area contributed by atoms with Crippen molar-refractivity contribution in [3.05, 3.63) is 30.0 Å². The van der Waals surface area contributed by atoms with E-state index in [2.05, 4.69) is 37.7 Å². The fourth-order valence-electron chi connectivity index (χ4n) is 0.854. The average Bonchev–Trinajstić information content (AvgIpc) is 2.10. The summed E-state index contributed by atoms with van der Waals surface area (Å²) in [5.74, 6) is 2.85. The molecule has 0 unspecified atom stereocenters. The molecular weight excluding hydrogens is 134 g/mol. The summed E-state index contributed by atoms with van der Waals surface area (Å²) >= 11 is 0. The van der Waals surface area contributed by atoms with Gasteiger partial charge < -0.3 is 0 Å². The molecule has 0 atom stereocenters. The monoisotopic (exact) mass is 147 g/mol. The summed E-state index contributed by atoms with van der Waals surface area (Å²) in [6.07, 6.45) is 7.69. The zero-order valence-electron chi connectivity index (χ0n) is 7.26. The molecule has 58 valence electrons. The van der Waals surface area contributed by atoms with Gasteiger partial charge in [-0.05, 0) is 22.9 Å². The van der Waals surface area contributed by atoms with Crippen molar-refractivity contribution in [3.63, 3.8) is 0 Å². The molecule has 0 radical (unpaired) electrons. The molecule has 1 aliphatic rings. The van der Waals surface area contributed by atoms with E-state index in [4.69, 9.17) is 0 Å². The standard InChI is InChI=1S/C10H13N/c1-10(2,3)9-5-4-7-11-8-6-9/h4-7H,1-3H3. The van der Waals surface area contributed by atoms with Crippen LogP contribution in [0.1, 0.15) is 20.8 Å². The Morgan fingerprint density at radius 2 is 2.09 bits per heavy atom. The first kappa shape index (κ1) is 8.03. The predicted molar refractivity (Wildman–Crippen MR) is 48.7 cm³/mol. The third-order valence-corrected chi connectivity index (χ3v) is 1.60. The van der Waals surface area contributed by atoms with Gasteiger partial charge in [-0.15, -0.1) is 0 Å². The van der Waals surface area contributed by atoms with Crippen molar-refractivity contribution in [2.45, 2.75) is 20.8 Å². The Kier molecular flexibility index (Phi) is 2.11. The van der Waals surface area contributed by atoms with Crippen LogP contribution in [0.4, 0.5) is 0 Å². The van der Waals surface area contributed by atoms with Crippen LogP contribution in [0, 0.1) is 5.41 Å². The van der Waals surface area contributed by atoms with E-state index in [9.17, 15) is 0 Å². The Hall–Kier alpha value is -1.07. The molecule has 0 aromatic heterocycles. The maximum absolute atomic E-state index is 3.90. The van der Waals surface area contributed by atoms with E-state index < -0.39 is 0 Å². The van der Waals surface area contributed by atoms with Crippen LogP contribution in [0.25, 0.3) is 0 Å². The molecule has 0 aromatic carbocycles. The summed E-state index contributed by atoms with van der Waals surface area (Å²) in [7, 11) is 0. The van der Waals surface area contributed by atoms with Crippen molar-refractivity contribution in [3.8, 4) is 0 Å². The largest absolute Gasteiger partial charge is 0.214 e.